The Kier molecular flexibility index (Phi) is 17.4. The van der Waals surface area contributed by atoms with Crippen molar-refractivity contribution >= 4 is 149 Å². The van der Waals surface area contributed by atoms with Gasteiger partial charge in [-0.05, 0) is 204 Å². The Balaban J connectivity index is 0.925. The number of rotatable bonds is 13. The maximum absolute atomic E-state index is 2.68. The highest BCUT2D eigenvalue weighted by atomic mass is 15.2. The molecule has 0 aromatic heterocycles. The topological polar surface area (TPSA) is 19.4 Å². The van der Waals surface area contributed by atoms with Gasteiger partial charge >= 0.3 is 0 Å². The predicted molar refractivity (Wildman–Crippen MR) is 496 cm³/mol. The molecule has 20 rings (SSSR count). The highest BCUT2D eigenvalue weighted by Gasteiger charge is 2.50. The van der Waals surface area contributed by atoms with E-state index in [0.29, 0.717) is 0 Å². The SMILES string of the molecule is CC(C)(C)c1ccc(-c2ccccc2N(c2ccccc2)c2cc3c4c(c2)N(c2ccccc2-c2ccc(C(C)(C)C)cc2)c2cc5c(cc2B4c2ccccc2N3c2ccccc2-c2ccc(C(C)(C)C)cc2)B2c3ccccc3N(c3ccccc3)c3cc(N(c4ccccc4)c4ccccc4)cc(c32)N5c2ccccc2)cc1. The van der Waals surface area contributed by atoms with Gasteiger partial charge in [-0.15, -0.1) is 0 Å². The third-order valence-electron chi connectivity index (χ3n) is 24.2. The summed E-state index contributed by atoms with van der Waals surface area (Å²) >= 11 is 0. The summed E-state index contributed by atoms with van der Waals surface area (Å²) in [5.74, 6) is 0. The quantitative estimate of drug-likeness (QED) is 0.106. The first-order chi connectivity index (χ1) is 56.5. The molecule has 558 valence electrons. The highest BCUT2D eigenvalue weighted by molar-refractivity contribution is 7.03. The minimum absolute atomic E-state index is 0.0238. The number of benzene rings is 16. The van der Waals surface area contributed by atoms with Crippen LogP contribution in [0, 0.1) is 0 Å². The monoisotopic (exact) mass is 1490 g/mol. The van der Waals surface area contributed by atoms with Gasteiger partial charge in [0, 0.05) is 90.6 Å². The molecule has 16 aromatic rings. The zero-order valence-electron chi connectivity index (χ0n) is 67.2. The summed E-state index contributed by atoms with van der Waals surface area (Å²) in [6.45, 7) is 20.2. The van der Waals surface area contributed by atoms with Crippen LogP contribution in [0.3, 0.4) is 0 Å². The van der Waals surface area contributed by atoms with Crippen molar-refractivity contribution < 1.29 is 0 Å². The first-order valence-electron chi connectivity index (χ1n) is 40.9. The second kappa shape index (κ2) is 28.2. The van der Waals surface area contributed by atoms with E-state index in [1.165, 1.54) is 49.5 Å². The summed E-state index contributed by atoms with van der Waals surface area (Å²) in [6.07, 6.45) is 0. The summed E-state index contributed by atoms with van der Waals surface area (Å²) < 4.78 is 0. The molecule has 0 bridgehead atoms. The average molecular weight is 1490 g/mol. The van der Waals surface area contributed by atoms with Crippen LogP contribution in [0.15, 0.2) is 382 Å². The predicted octanol–water partition coefficient (Wildman–Crippen LogP) is 25.7. The zero-order valence-corrected chi connectivity index (χ0v) is 67.2. The van der Waals surface area contributed by atoms with Gasteiger partial charge in [-0.3, -0.25) is 0 Å². The number of nitrogens with zero attached hydrogens (tertiary/aromatic N) is 6. The maximum Gasteiger partial charge on any atom is 0.252 e. The molecule has 16 aromatic carbocycles. The van der Waals surface area contributed by atoms with Crippen LogP contribution >= 0.6 is 0 Å². The highest BCUT2D eigenvalue weighted by Crippen LogP contribution is 2.55. The normalized spacial score (nSPS) is 13.1. The number of para-hydroxylation sites is 10. The Morgan fingerprint density at radius 1 is 0.207 bits per heavy atom. The molecule has 0 radical (unpaired) electrons. The lowest BCUT2D eigenvalue weighted by Crippen LogP contribution is -2.65. The van der Waals surface area contributed by atoms with Crippen molar-refractivity contribution in [3.8, 4) is 33.4 Å². The molecule has 8 heteroatoms. The van der Waals surface area contributed by atoms with Gasteiger partial charge < -0.3 is 29.4 Å². The van der Waals surface area contributed by atoms with E-state index in [-0.39, 0.29) is 29.7 Å². The van der Waals surface area contributed by atoms with Crippen LogP contribution in [0.4, 0.5) is 102 Å². The van der Waals surface area contributed by atoms with E-state index in [2.05, 4.69) is 474 Å². The maximum atomic E-state index is 2.68. The van der Waals surface area contributed by atoms with Crippen molar-refractivity contribution in [3.63, 3.8) is 0 Å². The molecule has 0 atom stereocenters. The van der Waals surface area contributed by atoms with Crippen LogP contribution in [-0.2, 0) is 16.2 Å². The number of hydrogen-bond acceptors (Lipinski definition) is 6. The molecule has 4 aliphatic rings. The van der Waals surface area contributed by atoms with E-state index >= 15 is 0 Å². The van der Waals surface area contributed by atoms with Crippen molar-refractivity contribution in [1.82, 2.24) is 0 Å². The number of hydrogen-bond donors (Lipinski definition) is 0. The Morgan fingerprint density at radius 3 is 0.914 bits per heavy atom. The van der Waals surface area contributed by atoms with Gasteiger partial charge in [0.05, 0.1) is 28.4 Å². The zero-order chi connectivity index (χ0) is 78.7. The van der Waals surface area contributed by atoms with E-state index in [1.54, 1.807) is 0 Å². The van der Waals surface area contributed by atoms with E-state index < -0.39 is 0 Å². The van der Waals surface area contributed by atoms with Crippen molar-refractivity contribution in [2.75, 3.05) is 29.4 Å². The third kappa shape index (κ3) is 12.2. The molecule has 0 N–H and O–H groups in total. The van der Waals surface area contributed by atoms with Crippen LogP contribution in [0.5, 0.6) is 0 Å². The molecule has 6 nitrogen and oxygen atoms in total. The van der Waals surface area contributed by atoms with Crippen molar-refractivity contribution in [3.05, 3.63) is 399 Å². The molecule has 0 amide bonds. The van der Waals surface area contributed by atoms with Gasteiger partial charge in [-0.2, -0.15) is 0 Å². The van der Waals surface area contributed by atoms with Crippen molar-refractivity contribution in [2.24, 2.45) is 0 Å². The fourth-order valence-electron chi connectivity index (χ4n) is 18.6. The fraction of sp³-hybridized carbons (Fsp3) is 0.111. The number of anilines is 18. The summed E-state index contributed by atoms with van der Waals surface area (Å²) in [7, 11) is 0. The lowest BCUT2D eigenvalue weighted by atomic mass is 9.30. The Bertz CT molecular complexity index is 6370. The molecular weight excluding hydrogens is 1400 g/mol. The molecule has 0 aliphatic carbocycles. The van der Waals surface area contributed by atoms with Crippen molar-refractivity contribution in [2.45, 2.75) is 78.6 Å². The second-order valence-electron chi connectivity index (χ2n) is 34.5. The first kappa shape index (κ1) is 71.5. The molecular formula is C108H90B2N6. The average Bonchev–Trinajstić information content (AvgIpc) is 0.681. The molecule has 0 spiro atoms. The van der Waals surface area contributed by atoms with E-state index in [9.17, 15) is 0 Å². The third-order valence-corrected chi connectivity index (χ3v) is 24.2. The molecule has 4 heterocycles. The molecule has 116 heavy (non-hydrogen) atoms. The second-order valence-corrected chi connectivity index (χ2v) is 34.5. The molecule has 0 saturated heterocycles. The lowest BCUT2D eigenvalue weighted by Gasteiger charge is -2.48. The Labute approximate surface area is 684 Å². The smallest absolute Gasteiger partial charge is 0.252 e. The Morgan fingerprint density at radius 2 is 0.500 bits per heavy atom. The van der Waals surface area contributed by atoms with E-state index in [1.807, 2.05) is 0 Å². The summed E-state index contributed by atoms with van der Waals surface area (Å²) in [5, 5.41) is 0. The van der Waals surface area contributed by atoms with Crippen LogP contribution in [-0.4, -0.2) is 13.4 Å². The van der Waals surface area contributed by atoms with Gasteiger partial charge in [0.25, 0.3) is 13.4 Å². The number of fused-ring (bicyclic) bond motifs is 8. The standard InChI is InChI=1S/C108H90B2N6/c1-106(2,3)76-61-55-73(56-62-76)86-45-25-30-50-93(86)112(81-39-19-12-20-40-81)85-69-102-105-103(70-85)116(95-52-32-27-47-88(95)75-59-65-78(66-60-75)108(7,8)9)99-72-98-91(71-92(99)110(105)90-49-29-34-54-97(90)115(102)94-51-31-26-46-87(94)74-57-63-77(64-58-74)107(4,5)6)109-89-48-28-33-53-96(89)113(82-41-21-13-22-42-82)100-67-84(68-101(104(100)109)114(98)83-43-23-14-24-44-83)111(79-35-15-10-16-36-79)80-37-17-11-18-38-80/h10-72H,1-9H3. The minimum Gasteiger partial charge on any atom is -0.311 e. The van der Waals surface area contributed by atoms with Crippen LogP contribution < -0.4 is 62.2 Å². The van der Waals surface area contributed by atoms with Gasteiger partial charge in [0.1, 0.15) is 0 Å². The largest absolute Gasteiger partial charge is 0.311 e. The first-order valence-corrected chi connectivity index (χ1v) is 40.9. The molecule has 4 aliphatic heterocycles. The van der Waals surface area contributed by atoms with Gasteiger partial charge in [0.2, 0.25) is 0 Å². The lowest BCUT2D eigenvalue weighted by molar-refractivity contribution is 0.590. The van der Waals surface area contributed by atoms with Gasteiger partial charge in [0.15, 0.2) is 0 Å². The summed E-state index contributed by atoms with van der Waals surface area (Å²) in [6, 6.07) is 144. The summed E-state index contributed by atoms with van der Waals surface area (Å²) in [5.41, 5.74) is 37.5. The van der Waals surface area contributed by atoms with Crippen LogP contribution in [0.2, 0.25) is 0 Å². The van der Waals surface area contributed by atoms with Crippen LogP contribution in [0.1, 0.15) is 79.0 Å². The summed E-state index contributed by atoms with van der Waals surface area (Å²) in [4.78, 5) is 15.4. The fourth-order valence-corrected chi connectivity index (χ4v) is 18.6. The van der Waals surface area contributed by atoms with Gasteiger partial charge in [-0.1, -0.05) is 323 Å². The Hall–Kier alpha value is -13.6. The van der Waals surface area contributed by atoms with Crippen LogP contribution in [0.25, 0.3) is 33.4 Å². The molecule has 0 unspecified atom stereocenters. The van der Waals surface area contributed by atoms with Crippen molar-refractivity contribution in [1.29, 1.82) is 0 Å². The minimum atomic E-state index is -0.285. The molecule has 0 fully saturated rings. The van der Waals surface area contributed by atoms with E-state index in [0.717, 1.165) is 136 Å². The molecule has 0 saturated carbocycles. The van der Waals surface area contributed by atoms with E-state index in [4.69, 9.17) is 0 Å². The van der Waals surface area contributed by atoms with Gasteiger partial charge in [-0.25, -0.2) is 0 Å².